The molecule has 12 heteroatoms. The summed E-state index contributed by atoms with van der Waals surface area (Å²) in [7, 11) is 1.15. The number of nitrogens with one attached hydrogen (secondary N) is 1. The first kappa shape index (κ1) is 45.1. The first-order chi connectivity index (χ1) is 26.0. The fourth-order valence-electron chi connectivity index (χ4n) is 5.66. The van der Waals surface area contributed by atoms with Crippen molar-refractivity contribution in [2.24, 2.45) is 5.92 Å². The molecule has 0 bridgehead atoms. The van der Waals surface area contributed by atoms with Gasteiger partial charge in [-0.1, -0.05) is 81.7 Å². The molecule has 2 rings (SSSR count). The number of hydrogen-bond donors (Lipinski definition) is 3. The molecule has 1 heterocycles. The monoisotopic (exact) mass is 748 g/mol. The van der Waals surface area contributed by atoms with Crippen LogP contribution in [0.25, 0.3) is 0 Å². The molecule has 54 heavy (non-hydrogen) atoms. The molecule has 0 aliphatic heterocycles. The van der Waals surface area contributed by atoms with Crippen LogP contribution in [0, 0.1) is 17.8 Å². The Balaban J connectivity index is 2.15. The molecule has 3 N–H and O–H groups in total. The van der Waals surface area contributed by atoms with Crippen LogP contribution >= 0.6 is 0 Å². The van der Waals surface area contributed by atoms with Crippen molar-refractivity contribution in [3.63, 3.8) is 0 Å². The van der Waals surface area contributed by atoms with Crippen LogP contribution in [0.15, 0.2) is 60.8 Å². The van der Waals surface area contributed by atoms with E-state index in [0.29, 0.717) is 42.7 Å². The molecule has 3 atom stereocenters. The lowest BCUT2D eigenvalue weighted by Crippen LogP contribution is -2.55. The van der Waals surface area contributed by atoms with Crippen molar-refractivity contribution in [2.45, 2.75) is 122 Å². The zero-order valence-corrected chi connectivity index (χ0v) is 31.8. The van der Waals surface area contributed by atoms with Crippen LogP contribution in [0.3, 0.4) is 0 Å². The van der Waals surface area contributed by atoms with Gasteiger partial charge in [0, 0.05) is 25.5 Å². The van der Waals surface area contributed by atoms with E-state index in [4.69, 9.17) is 14.2 Å². The third-order valence-electron chi connectivity index (χ3n) is 8.81. The van der Waals surface area contributed by atoms with Crippen molar-refractivity contribution in [2.75, 3.05) is 13.7 Å². The zero-order chi connectivity index (χ0) is 39.6. The minimum atomic E-state index is -2.93. The van der Waals surface area contributed by atoms with Gasteiger partial charge >= 0.3 is 17.9 Å². The first-order valence-electron chi connectivity index (χ1n) is 18.7. The summed E-state index contributed by atoms with van der Waals surface area (Å²) in [4.78, 5) is 68.4. The maximum Gasteiger partial charge on any atom is 0.337 e. The van der Waals surface area contributed by atoms with E-state index in [1.807, 2.05) is 0 Å². The fraction of sp³-hybridized carbons (Fsp3) is 0.524. The molecule has 12 nitrogen and oxygen atoms in total. The van der Waals surface area contributed by atoms with Crippen LogP contribution in [0.4, 0.5) is 0 Å². The quantitative estimate of drug-likeness (QED) is 0.0418. The normalized spacial score (nSPS) is 13.1. The molecule has 0 aliphatic rings. The van der Waals surface area contributed by atoms with Gasteiger partial charge in [-0.3, -0.25) is 19.4 Å². The Hall–Kier alpha value is -5.02. The molecule has 0 fully saturated rings. The second kappa shape index (κ2) is 25.9. The van der Waals surface area contributed by atoms with E-state index in [-0.39, 0.29) is 25.4 Å². The van der Waals surface area contributed by atoms with E-state index in [1.165, 1.54) is 18.7 Å². The molecule has 294 valence electrons. The summed E-state index contributed by atoms with van der Waals surface area (Å²) in [5.41, 5.74) is -1.90. The van der Waals surface area contributed by atoms with Gasteiger partial charge in [-0.25, -0.2) is 9.59 Å². The van der Waals surface area contributed by atoms with Crippen LogP contribution in [0.2, 0.25) is 0 Å². The third-order valence-corrected chi connectivity index (χ3v) is 8.81. The van der Waals surface area contributed by atoms with E-state index in [0.717, 1.165) is 52.1 Å². The van der Waals surface area contributed by atoms with Gasteiger partial charge in [-0.15, -0.1) is 5.92 Å². The van der Waals surface area contributed by atoms with Gasteiger partial charge in [0.25, 0.3) is 0 Å². The Bertz CT molecular complexity index is 1550. The van der Waals surface area contributed by atoms with Crippen molar-refractivity contribution < 1.29 is 48.4 Å². The van der Waals surface area contributed by atoms with Crippen LogP contribution in [-0.2, 0) is 46.5 Å². The highest BCUT2D eigenvalue weighted by molar-refractivity contribution is 5.95. The molecule has 0 saturated carbocycles. The number of pyridine rings is 1. The lowest BCUT2D eigenvalue weighted by Gasteiger charge is -2.30. The Morgan fingerprint density at radius 3 is 2.24 bits per heavy atom. The third kappa shape index (κ3) is 17.2. The lowest BCUT2D eigenvalue weighted by molar-refractivity contribution is -0.174. The van der Waals surface area contributed by atoms with Gasteiger partial charge in [-0.05, 0) is 62.4 Å². The maximum atomic E-state index is 13.9. The van der Waals surface area contributed by atoms with E-state index in [2.05, 4.69) is 29.1 Å². The van der Waals surface area contributed by atoms with Crippen molar-refractivity contribution in [1.29, 1.82) is 0 Å². The average molecular weight is 749 g/mol. The molecule has 1 amide bonds. The first-order valence-corrected chi connectivity index (χ1v) is 18.7. The molecule has 2 aromatic rings. The highest BCUT2D eigenvalue weighted by Gasteiger charge is 2.49. The highest BCUT2D eigenvalue weighted by atomic mass is 16.5. The number of aromatic nitrogens is 1. The zero-order valence-electron chi connectivity index (χ0n) is 31.8. The smallest absolute Gasteiger partial charge is 0.337 e. The number of nitrogens with zero attached hydrogens (tertiary/aromatic N) is 1. The molecular formula is C42H56N2O10. The summed E-state index contributed by atoms with van der Waals surface area (Å²) in [6.07, 6.45) is 13.5. The van der Waals surface area contributed by atoms with Gasteiger partial charge in [-0.2, -0.15) is 0 Å². The number of amides is 1. The number of Topliss-reactive ketones (excluding diaryl/α,β-unsaturated/α-hetero) is 1. The number of methoxy groups -OCH3 is 1. The van der Waals surface area contributed by atoms with Crippen molar-refractivity contribution >= 4 is 29.6 Å². The number of allylic oxidation sites excluding steroid dienone is 1. The Kier molecular flexibility index (Phi) is 21.6. The summed E-state index contributed by atoms with van der Waals surface area (Å²) in [6, 6.07) is 10.5. The van der Waals surface area contributed by atoms with E-state index in [1.54, 1.807) is 55.5 Å². The van der Waals surface area contributed by atoms with Crippen LogP contribution in [-0.4, -0.2) is 70.2 Å². The van der Waals surface area contributed by atoms with E-state index in [9.17, 15) is 34.2 Å². The summed E-state index contributed by atoms with van der Waals surface area (Å²) < 4.78 is 15.7. The molecular weight excluding hydrogens is 692 g/mol. The number of rotatable bonds is 27. The number of aliphatic hydroxyl groups is 1. The number of carboxylic acid groups (broad SMARTS) is 1. The SMILES string of the molecule is CC#CCOc1ccc(C[C@H](NC(=O)[C@@H](/C=C/CCCCCCC(=O)CCCCCCC)[C@@](O)(CC(=O)OCc2ccccn2)C(=O)O)C(=O)OC)cc1. The molecule has 0 saturated heterocycles. The minimum absolute atomic E-state index is 0.0249. The van der Waals surface area contributed by atoms with E-state index >= 15 is 0 Å². The second-order valence-electron chi connectivity index (χ2n) is 13.1. The van der Waals surface area contributed by atoms with Crippen LogP contribution in [0.1, 0.15) is 109 Å². The predicted octanol–water partition coefficient (Wildman–Crippen LogP) is 6.08. The molecule has 1 aromatic carbocycles. The number of carboxylic acids is 1. The van der Waals surface area contributed by atoms with Crippen molar-refractivity contribution in [3.05, 3.63) is 72.1 Å². The number of ether oxygens (including phenoxy) is 3. The topological polar surface area (TPSA) is 178 Å². The predicted molar refractivity (Wildman–Crippen MR) is 203 cm³/mol. The van der Waals surface area contributed by atoms with Crippen LogP contribution in [0.5, 0.6) is 5.75 Å². The number of aliphatic carboxylic acids is 1. The van der Waals surface area contributed by atoms with Gasteiger partial charge in [0.05, 0.1) is 25.1 Å². The van der Waals surface area contributed by atoms with Crippen molar-refractivity contribution in [3.8, 4) is 17.6 Å². The number of esters is 2. The lowest BCUT2D eigenvalue weighted by atomic mass is 9.82. The summed E-state index contributed by atoms with van der Waals surface area (Å²) >= 11 is 0. The molecule has 0 unspecified atom stereocenters. The summed E-state index contributed by atoms with van der Waals surface area (Å²) in [5, 5.41) is 24.3. The molecule has 1 aromatic heterocycles. The number of ketones is 1. The van der Waals surface area contributed by atoms with Crippen LogP contribution < -0.4 is 10.1 Å². The van der Waals surface area contributed by atoms with Gasteiger partial charge < -0.3 is 29.7 Å². The van der Waals surface area contributed by atoms with E-state index < -0.39 is 47.8 Å². The second-order valence-corrected chi connectivity index (χ2v) is 13.1. The largest absolute Gasteiger partial charge is 0.481 e. The molecule has 0 spiro atoms. The van der Waals surface area contributed by atoms with Crippen molar-refractivity contribution in [1.82, 2.24) is 10.3 Å². The Labute approximate surface area is 319 Å². The summed E-state index contributed by atoms with van der Waals surface area (Å²) in [6.45, 7) is 3.79. The maximum absolute atomic E-state index is 13.9. The standard InChI is InChI=1S/C42H56N2O10/c1-4-6-8-11-14-20-34(45)21-15-12-9-10-13-16-22-36(42(51,41(49)50)30-38(46)54-31-33-19-17-18-27-43-33)39(47)44-37(40(48)52-3)29-32-23-25-35(26-24-32)53-28-7-5-2/h16-19,22-27,36-37,51H,4,6,8-15,20-21,28-31H2,1-3H3,(H,44,47)(H,49,50)/b22-16+/t36-,37+,42+/m1/s1. The highest BCUT2D eigenvalue weighted by Crippen LogP contribution is 2.27. The number of benzene rings is 1. The number of carbonyl (C=O) groups is 5. The fourth-order valence-corrected chi connectivity index (χ4v) is 5.66. The summed E-state index contributed by atoms with van der Waals surface area (Å²) in [5.74, 6) is -0.128. The molecule has 0 radical (unpaired) electrons. The minimum Gasteiger partial charge on any atom is -0.481 e. The molecule has 0 aliphatic carbocycles. The van der Waals surface area contributed by atoms with Gasteiger partial charge in [0.15, 0.2) is 5.60 Å². The van der Waals surface area contributed by atoms with Gasteiger partial charge in [0.1, 0.15) is 30.8 Å². The van der Waals surface area contributed by atoms with Gasteiger partial charge in [0.2, 0.25) is 5.91 Å². The number of carbonyl (C=O) groups excluding carboxylic acids is 4. The Morgan fingerprint density at radius 1 is 0.944 bits per heavy atom. The average Bonchev–Trinajstić information content (AvgIpc) is 3.16. The number of unbranched alkanes of at least 4 members (excludes halogenated alkanes) is 8. The number of hydrogen-bond acceptors (Lipinski definition) is 10. The Morgan fingerprint density at radius 2 is 1.63 bits per heavy atom.